The molecule has 0 aliphatic heterocycles. The van der Waals surface area contributed by atoms with Crippen LogP contribution in [0, 0.1) is 5.92 Å². The Morgan fingerprint density at radius 1 is 1.35 bits per heavy atom. The number of nitrogens with one attached hydrogen (secondary N) is 2. The van der Waals surface area contributed by atoms with E-state index < -0.39 is 0 Å². The molecule has 1 amide bonds. The third-order valence-corrected chi connectivity index (χ3v) is 3.67. The van der Waals surface area contributed by atoms with Crippen LogP contribution in [-0.4, -0.2) is 31.7 Å². The third kappa shape index (κ3) is 6.03. The number of hydrogen-bond acceptors (Lipinski definition) is 3. The van der Waals surface area contributed by atoms with Crippen molar-refractivity contribution in [2.24, 2.45) is 5.92 Å². The van der Waals surface area contributed by atoms with Gasteiger partial charge in [-0.3, -0.25) is 4.79 Å². The van der Waals surface area contributed by atoms with Gasteiger partial charge < -0.3 is 15.4 Å². The number of benzene rings is 1. The molecule has 0 aliphatic rings. The third-order valence-electron chi connectivity index (χ3n) is 2.98. The number of halogens is 1. The summed E-state index contributed by atoms with van der Waals surface area (Å²) in [6.45, 7) is 7.78. The molecule has 0 spiro atoms. The molecule has 112 valence electrons. The number of carbonyl (C=O) groups is 1. The molecule has 0 bridgehead atoms. The number of anilines is 1. The Balaban J connectivity index is 2.43. The maximum Gasteiger partial charge on any atom is 0.238 e. The van der Waals surface area contributed by atoms with Gasteiger partial charge in [0.25, 0.3) is 0 Å². The molecule has 1 atom stereocenters. The SMILES string of the molecule is CCOCC(NCC(=O)Nc1ccccc1Br)C(C)C. The number of hydrogen-bond donors (Lipinski definition) is 2. The topological polar surface area (TPSA) is 50.4 Å². The smallest absolute Gasteiger partial charge is 0.238 e. The van der Waals surface area contributed by atoms with Crippen molar-refractivity contribution in [1.29, 1.82) is 0 Å². The largest absolute Gasteiger partial charge is 0.380 e. The summed E-state index contributed by atoms with van der Waals surface area (Å²) in [7, 11) is 0. The summed E-state index contributed by atoms with van der Waals surface area (Å²) in [6.07, 6.45) is 0. The fourth-order valence-corrected chi connectivity index (χ4v) is 2.10. The van der Waals surface area contributed by atoms with E-state index in [4.69, 9.17) is 4.74 Å². The summed E-state index contributed by atoms with van der Waals surface area (Å²) in [4.78, 5) is 11.9. The monoisotopic (exact) mass is 342 g/mol. The molecule has 1 rings (SSSR count). The molecule has 1 aromatic carbocycles. The highest BCUT2D eigenvalue weighted by Gasteiger charge is 2.14. The molecule has 0 aliphatic carbocycles. The van der Waals surface area contributed by atoms with E-state index >= 15 is 0 Å². The molecule has 0 radical (unpaired) electrons. The predicted molar refractivity (Wildman–Crippen MR) is 85.9 cm³/mol. The fraction of sp³-hybridized carbons (Fsp3) is 0.533. The highest BCUT2D eigenvalue weighted by atomic mass is 79.9. The van der Waals surface area contributed by atoms with Gasteiger partial charge in [0.05, 0.1) is 18.8 Å². The maximum atomic E-state index is 11.9. The van der Waals surface area contributed by atoms with Gasteiger partial charge in [-0.2, -0.15) is 0 Å². The zero-order valence-electron chi connectivity index (χ0n) is 12.3. The van der Waals surface area contributed by atoms with Crippen molar-refractivity contribution in [2.45, 2.75) is 26.8 Å². The van der Waals surface area contributed by atoms with E-state index in [1.165, 1.54) is 0 Å². The Morgan fingerprint density at radius 3 is 2.65 bits per heavy atom. The Hall–Kier alpha value is -0.910. The number of para-hydroxylation sites is 1. The molecule has 0 aromatic heterocycles. The number of amides is 1. The van der Waals surface area contributed by atoms with Crippen molar-refractivity contribution in [3.8, 4) is 0 Å². The van der Waals surface area contributed by atoms with Gasteiger partial charge in [0.15, 0.2) is 0 Å². The number of ether oxygens (including phenoxy) is 1. The Labute approximate surface area is 129 Å². The summed E-state index contributed by atoms with van der Waals surface area (Å²) >= 11 is 3.41. The molecule has 0 saturated heterocycles. The molecule has 0 fully saturated rings. The van der Waals surface area contributed by atoms with Crippen molar-refractivity contribution in [3.05, 3.63) is 28.7 Å². The van der Waals surface area contributed by atoms with E-state index in [0.717, 1.165) is 10.2 Å². The second kappa shape index (κ2) is 9.10. The van der Waals surface area contributed by atoms with E-state index in [1.54, 1.807) is 0 Å². The average Bonchev–Trinajstić information content (AvgIpc) is 2.41. The van der Waals surface area contributed by atoms with Crippen molar-refractivity contribution in [3.63, 3.8) is 0 Å². The van der Waals surface area contributed by atoms with Crippen LogP contribution in [0.25, 0.3) is 0 Å². The molecule has 20 heavy (non-hydrogen) atoms. The molecule has 2 N–H and O–H groups in total. The van der Waals surface area contributed by atoms with Crippen LogP contribution in [0.15, 0.2) is 28.7 Å². The molecular weight excluding hydrogens is 320 g/mol. The molecule has 1 unspecified atom stereocenters. The van der Waals surface area contributed by atoms with Crippen LogP contribution in [0.4, 0.5) is 5.69 Å². The predicted octanol–water partition coefficient (Wildman–Crippen LogP) is 3.04. The molecule has 0 heterocycles. The van der Waals surface area contributed by atoms with Crippen LogP contribution in [-0.2, 0) is 9.53 Å². The molecule has 0 saturated carbocycles. The molecule has 1 aromatic rings. The van der Waals surface area contributed by atoms with Crippen LogP contribution >= 0.6 is 15.9 Å². The standard InChI is InChI=1S/C15H23BrN2O2/c1-4-20-10-14(11(2)3)17-9-15(19)18-13-8-6-5-7-12(13)16/h5-8,11,14,17H,4,9-10H2,1-3H3,(H,18,19). The summed E-state index contributed by atoms with van der Waals surface area (Å²) in [5.74, 6) is 0.358. The van der Waals surface area contributed by atoms with E-state index in [9.17, 15) is 4.79 Å². The Kier molecular flexibility index (Phi) is 7.80. The van der Waals surface area contributed by atoms with E-state index in [0.29, 0.717) is 19.1 Å². The van der Waals surface area contributed by atoms with Crippen molar-refractivity contribution in [2.75, 3.05) is 25.1 Å². The van der Waals surface area contributed by atoms with Gasteiger partial charge in [-0.25, -0.2) is 0 Å². The van der Waals surface area contributed by atoms with Gasteiger partial charge in [-0.15, -0.1) is 0 Å². The highest BCUT2D eigenvalue weighted by molar-refractivity contribution is 9.10. The molecule has 4 nitrogen and oxygen atoms in total. The fourth-order valence-electron chi connectivity index (χ4n) is 1.71. The van der Waals surface area contributed by atoms with Crippen LogP contribution < -0.4 is 10.6 Å². The van der Waals surface area contributed by atoms with Gasteiger partial charge in [-0.1, -0.05) is 26.0 Å². The second-order valence-corrected chi connectivity index (χ2v) is 5.77. The zero-order chi connectivity index (χ0) is 15.0. The zero-order valence-corrected chi connectivity index (χ0v) is 13.9. The van der Waals surface area contributed by atoms with Crippen molar-refractivity contribution in [1.82, 2.24) is 5.32 Å². The van der Waals surface area contributed by atoms with Gasteiger partial charge in [-0.05, 0) is 40.9 Å². The first-order chi connectivity index (χ1) is 9.54. The summed E-state index contributed by atoms with van der Waals surface area (Å²) in [6, 6.07) is 7.74. The van der Waals surface area contributed by atoms with E-state index in [-0.39, 0.29) is 18.5 Å². The lowest BCUT2D eigenvalue weighted by Crippen LogP contribution is -2.42. The molecule has 5 heteroatoms. The molecular formula is C15H23BrN2O2. The lowest BCUT2D eigenvalue weighted by atomic mass is 10.1. The Bertz CT molecular complexity index is 424. The maximum absolute atomic E-state index is 11.9. The number of rotatable bonds is 8. The summed E-state index contributed by atoms with van der Waals surface area (Å²) in [5, 5.41) is 6.11. The van der Waals surface area contributed by atoms with Crippen molar-refractivity contribution < 1.29 is 9.53 Å². The van der Waals surface area contributed by atoms with Gasteiger partial charge in [0.1, 0.15) is 0 Å². The van der Waals surface area contributed by atoms with Gasteiger partial charge in [0, 0.05) is 17.1 Å². The van der Waals surface area contributed by atoms with Crippen LogP contribution in [0.1, 0.15) is 20.8 Å². The highest BCUT2D eigenvalue weighted by Crippen LogP contribution is 2.20. The quantitative estimate of drug-likeness (QED) is 0.763. The summed E-state index contributed by atoms with van der Waals surface area (Å²) < 4.78 is 6.30. The minimum Gasteiger partial charge on any atom is -0.380 e. The van der Waals surface area contributed by atoms with Crippen LogP contribution in [0.2, 0.25) is 0 Å². The van der Waals surface area contributed by atoms with Crippen LogP contribution in [0.5, 0.6) is 0 Å². The second-order valence-electron chi connectivity index (χ2n) is 4.92. The minimum absolute atomic E-state index is 0.0564. The van der Waals surface area contributed by atoms with E-state index in [1.807, 2.05) is 31.2 Å². The van der Waals surface area contributed by atoms with Gasteiger partial charge >= 0.3 is 0 Å². The van der Waals surface area contributed by atoms with Gasteiger partial charge in [0.2, 0.25) is 5.91 Å². The van der Waals surface area contributed by atoms with Crippen LogP contribution in [0.3, 0.4) is 0 Å². The van der Waals surface area contributed by atoms with Crippen molar-refractivity contribution >= 4 is 27.5 Å². The number of carbonyl (C=O) groups excluding carboxylic acids is 1. The lowest BCUT2D eigenvalue weighted by Gasteiger charge is -2.22. The first kappa shape index (κ1) is 17.1. The normalized spacial score (nSPS) is 12.4. The summed E-state index contributed by atoms with van der Waals surface area (Å²) in [5.41, 5.74) is 0.783. The Morgan fingerprint density at radius 2 is 2.05 bits per heavy atom. The first-order valence-electron chi connectivity index (χ1n) is 6.90. The average molecular weight is 343 g/mol. The lowest BCUT2D eigenvalue weighted by molar-refractivity contribution is -0.115. The first-order valence-corrected chi connectivity index (χ1v) is 7.69. The van der Waals surface area contributed by atoms with E-state index in [2.05, 4.69) is 40.4 Å². The minimum atomic E-state index is -0.0564.